The molecule has 3 aromatic carbocycles. The van der Waals surface area contributed by atoms with Crippen LogP contribution in [0.2, 0.25) is 5.02 Å². The first-order valence-corrected chi connectivity index (χ1v) is 9.34. The Morgan fingerprint density at radius 3 is 2.46 bits per heavy atom. The van der Waals surface area contributed by atoms with Gasteiger partial charge in [-0.15, -0.1) is 0 Å². The molecule has 26 heavy (non-hydrogen) atoms. The molecule has 0 heterocycles. The topological polar surface area (TPSA) is 21.3 Å². The molecular formula is C21H18BrClFNO. The number of hydrogen-bond acceptors (Lipinski definition) is 2. The number of nitrogens with one attached hydrogen (secondary N) is 1. The first-order chi connectivity index (χ1) is 12.5. The molecule has 0 saturated heterocycles. The Kier molecular flexibility index (Phi) is 6.17. The summed E-state index contributed by atoms with van der Waals surface area (Å²) in [7, 11) is 0. The van der Waals surface area contributed by atoms with Crippen LogP contribution < -0.4 is 10.1 Å². The van der Waals surface area contributed by atoms with Gasteiger partial charge in [0, 0.05) is 17.3 Å². The van der Waals surface area contributed by atoms with Crippen molar-refractivity contribution in [2.45, 2.75) is 20.1 Å². The van der Waals surface area contributed by atoms with Gasteiger partial charge in [-0.25, -0.2) is 4.39 Å². The number of benzene rings is 3. The highest BCUT2D eigenvalue weighted by Gasteiger charge is 2.05. The second kappa shape index (κ2) is 8.56. The van der Waals surface area contributed by atoms with Crippen LogP contribution in [0.3, 0.4) is 0 Å². The molecule has 0 bridgehead atoms. The van der Waals surface area contributed by atoms with E-state index in [-0.39, 0.29) is 5.82 Å². The van der Waals surface area contributed by atoms with Crippen LogP contribution in [0.25, 0.3) is 0 Å². The van der Waals surface area contributed by atoms with Gasteiger partial charge < -0.3 is 10.1 Å². The minimum absolute atomic E-state index is 0.248. The first kappa shape index (κ1) is 18.7. The van der Waals surface area contributed by atoms with Crippen LogP contribution in [0.15, 0.2) is 65.1 Å². The van der Waals surface area contributed by atoms with Crippen molar-refractivity contribution in [3.63, 3.8) is 0 Å². The summed E-state index contributed by atoms with van der Waals surface area (Å²) in [6, 6.07) is 18.1. The van der Waals surface area contributed by atoms with E-state index < -0.39 is 0 Å². The summed E-state index contributed by atoms with van der Waals surface area (Å²) in [5.74, 6) is 0.499. The standard InChI is InChI=1S/C21H18BrClFNO/c1-14-2-6-17(23)11-20(14)25-12-16-5-9-21(19(22)10-16)26-13-15-3-7-18(24)8-4-15/h2-11,25H,12-13H2,1H3. The predicted molar refractivity (Wildman–Crippen MR) is 108 cm³/mol. The van der Waals surface area contributed by atoms with Gasteiger partial charge in [-0.05, 0) is 75.9 Å². The number of hydrogen-bond donors (Lipinski definition) is 1. The van der Waals surface area contributed by atoms with E-state index in [0.29, 0.717) is 18.2 Å². The Hall–Kier alpha value is -2.04. The minimum atomic E-state index is -0.248. The highest BCUT2D eigenvalue weighted by molar-refractivity contribution is 9.10. The van der Waals surface area contributed by atoms with Gasteiger partial charge in [0.15, 0.2) is 0 Å². The molecule has 0 saturated carbocycles. The SMILES string of the molecule is Cc1ccc(Cl)cc1NCc1ccc(OCc2ccc(F)cc2)c(Br)c1. The van der Waals surface area contributed by atoms with Crippen molar-refractivity contribution in [1.29, 1.82) is 0 Å². The van der Waals surface area contributed by atoms with Crippen molar-refractivity contribution >= 4 is 33.2 Å². The summed E-state index contributed by atoms with van der Waals surface area (Å²) in [6.07, 6.45) is 0. The smallest absolute Gasteiger partial charge is 0.134 e. The lowest BCUT2D eigenvalue weighted by Gasteiger charge is -2.12. The fraction of sp³-hybridized carbons (Fsp3) is 0.143. The first-order valence-electron chi connectivity index (χ1n) is 8.17. The van der Waals surface area contributed by atoms with Crippen molar-refractivity contribution in [3.05, 3.63) is 92.7 Å². The Morgan fingerprint density at radius 2 is 1.73 bits per heavy atom. The van der Waals surface area contributed by atoms with E-state index >= 15 is 0 Å². The molecule has 0 spiro atoms. The lowest BCUT2D eigenvalue weighted by atomic mass is 10.1. The van der Waals surface area contributed by atoms with Crippen LogP contribution in [-0.2, 0) is 13.2 Å². The number of halogens is 3. The quantitative estimate of drug-likeness (QED) is 0.464. The van der Waals surface area contributed by atoms with Crippen LogP contribution in [0, 0.1) is 12.7 Å². The van der Waals surface area contributed by atoms with Crippen LogP contribution in [0.5, 0.6) is 5.75 Å². The van der Waals surface area contributed by atoms with Crippen LogP contribution >= 0.6 is 27.5 Å². The fourth-order valence-electron chi connectivity index (χ4n) is 2.50. The number of rotatable bonds is 6. The molecule has 0 aliphatic heterocycles. The predicted octanol–water partition coefficient (Wildman–Crippen LogP) is 6.74. The van der Waals surface area contributed by atoms with Gasteiger partial charge in [-0.1, -0.05) is 35.9 Å². The third kappa shape index (κ3) is 4.99. The van der Waals surface area contributed by atoms with E-state index in [1.165, 1.54) is 12.1 Å². The van der Waals surface area contributed by atoms with Crippen molar-refractivity contribution in [2.24, 2.45) is 0 Å². The molecule has 0 unspecified atom stereocenters. The molecule has 1 N–H and O–H groups in total. The Labute approximate surface area is 166 Å². The van der Waals surface area contributed by atoms with Crippen molar-refractivity contribution in [2.75, 3.05) is 5.32 Å². The average molecular weight is 435 g/mol. The van der Waals surface area contributed by atoms with E-state index in [9.17, 15) is 4.39 Å². The zero-order valence-corrected chi connectivity index (χ0v) is 16.6. The number of aryl methyl sites for hydroxylation is 1. The molecule has 2 nitrogen and oxygen atoms in total. The molecule has 0 amide bonds. The molecule has 5 heteroatoms. The molecule has 3 aromatic rings. The summed E-state index contributed by atoms with van der Waals surface area (Å²) < 4.78 is 19.6. The summed E-state index contributed by atoms with van der Waals surface area (Å²) in [6.45, 7) is 3.11. The molecule has 134 valence electrons. The van der Waals surface area contributed by atoms with Crippen molar-refractivity contribution < 1.29 is 9.13 Å². The van der Waals surface area contributed by atoms with Crippen molar-refractivity contribution in [1.82, 2.24) is 0 Å². The Bertz CT molecular complexity index is 899. The Morgan fingerprint density at radius 1 is 1.00 bits per heavy atom. The number of ether oxygens (including phenoxy) is 1. The van der Waals surface area contributed by atoms with Crippen LogP contribution in [-0.4, -0.2) is 0 Å². The van der Waals surface area contributed by atoms with Gasteiger partial charge in [0.05, 0.1) is 4.47 Å². The maximum absolute atomic E-state index is 12.9. The molecule has 0 aliphatic carbocycles. The molecule has 0 aromatic heterocycles. The zero-order chi connectivity index (χ0) is 18.5. The molecular weight excluding hydrogens is 417 g/mol. The number of anilines is 1. The fourth-order valence-corrected chi connectivity index (χ4v) is 3.21. The molecule has 0 fully saturated rings. The largest absolute Gasteiger partial charge is 0.488 e. The lowest BCUT2D eigenvalue weighted by molar-refractivity contribution is 0.304. The third-order valence-corrected chi connectivity index (χ3v) is 4.84. The van der Waals surface area contributed by atoms with Gasteiger partial charge in [0.25, 0.3) is 0 Å². The van der Waals surface area contributed by atoms with Crippen LogP contribution in [0.1, 0.15) is 16.7 Å². The zero-order valence-electron chi connectivity index (χ0n) is 14.2. The maximum Gasteiger partial charge on any atom is 0.134 e. The Balaban J connectivity index is 1.61. The summed E-state index contributed by atoms with van der Waals surface area (Å²) >= 11 is 9.60. The monoisotopic (exact) mass is 433 g/mol. The minimum Gasteiger partial charge on any atom is -0.488 e. The van der Waals surface area contributed by atoms with Gasteiger partial charge in [0.2, 0.25) is 0 Å². The molecule has 0 aliphatic rings. The van der Waals surface area contributed by atoms with Gasteiger partial charge in [-0.3, -0.25) is 0 Å². The molecule has 3 rings (SSSR count). The molecule has 0 radical (unpaired) electrons. The van der Waals surface area contributed by atoms with Gasteiger partial charge in [-0.2, -0.15) is 0 Å². The van der Waals surface area contributed by atoms with E-state index in [1.54, 1.807) is 12.1 Å². The van der Waals surface area contributed by atoms with E-state index in [1.807, 2.05) is 43.3 Å². The van der Waals surface area contributed by atoms with E-state index in [0.717, 1.165) is 32.6 Å². The maximum atomic E-state index is 12.9. The second-order valence-corrected chi connectivity index (χ2v) is 7.28. The summed E-state index contributed by atoms with van der Waals surface area (Å²) in [4.78, 5) is 0. The lowest BCUT2D eigenvalue weighted by Crippen LogP contribution is -2.02. The normalized spacial score (nSPS) is 10.6. The van der Waals surface area contributed by atoms with Gasteiger partial charge in [0.1, 0.15) is 18.2 Å². The molecule has 0 atom stereocenters. The highest BCUT2D eigenvalue weighted by Crippen LogP contribution is 2.28. The van der Waals surface area contributed by atoms with Gasteiger partial charge >= 0.3 is 0 Å². The second-order valence-electron chi connectivity index (χ2n) is 5.99. The summed E-state index contributed by atoms with van der Waals surface area (Å²) in [5.41, 5.74) is 4.20. The van der Waals surface area contributed by atoms with Crippen molar-refractivity contribution in [3.8, 4) is 5.75 Å². The average Bonchev–Trinajstić information content (AvgIpc) is 2.63. The van der Waals surface area contributed by atoms with E-state index in [4.69, 9.17) is 16.3 Å². The third-order valence-electron chi connectivity index (χ3n) is 3.99. The van der Waals surface area contributed by atoms with E-state index in [2.05, 4.69) is 21.2 Å². The summed E-state index contributed by atoms with van der Waals surface area (Å²) in [5, 5.41) is 4.11. The highest BCUT2D eigenvalue weighted by atomic mass is 79.9. The van der Waals surface area contributed by atoms with Crippen LogP contribution in [0.4, 0.5) is 10.1 Å².